The second-order valence-electron chi connectivity index (χ2n) is 12.1. The molecule has 0 fully saturated rings. The largest absolute Gasteiger partial charge is 0.291 e. The first-order chi connectivity index (χ1) is 20.5. The van der Waals surface area contributed by atoms with Crippen LogP contribution in [0.2, 0.25) is 0 Å². The number of benzene rings is 6. The third-order valence-electron chi connectivity index (χ3n) is 8.32. The van der Waals surface area contributed by atoms with Crippen molar-refractivity contribution < 1.29 is 0 Å². The van der Waals surface area contributed by atoms with Crippen molar-refractivity contribution in [2.24, 2.45) is 0 Å². The van der Waals surface area contributed by atoms with Gasteiger partial charge >= 0.3 is 0 Å². The predicted molar refractivity (Wildman–Crippen MR) is 181 cm³/mol. The fraction of sp³-hybridized carbons (Fsp3) is 0.103. The van der Waals surface area contributed by atoms with Crippen molar-refractivity contribution in [3.8, 4) is 28.2 Å². The van der Waals surface area contributed by atoms with Crippen molar-refractivity contribution in [1.29, 1.82) is 0 Å². The number of rotatable bonds is 3. The Morgan fingerprint density at radius 1 is 0.619 bits per heavy atom. The minimum absolute atomic E-state index is 0.0888. The quantitative estimate of drug-likeness (QED) is 0.211. The van der Waals surface area contributed by atoms with E-state index >= 15 is 0 Å². The van der Waals surface area contributed by atoms with Crippen molar-refractivity contribution in [2.45, 2.75) is 26.2 Å². The van der Waals surface area contributed by atoms with Crippen LogP contribution in [0.3, 0.4) is 0 Å². The second-order valence-corrected chi connectivity index (χ2v) is 13.1. The van der Waals surface area contributed by atoms with Gasteiger partial charge in [-0.05, 0) is 51.6 Å². The molecule has 2 aromatic heterocycles. The lowest BCUT2D eigenvalue weighted by Gasteiger charge is -2.27. The molecule has 2 heterocycles. The minimum Gasteiger partial charge on any atom is -0.291 e. The first kappa shape index (κ1) is 25.0. The van der Waals surface area contributed by atoms with Crippen molar-refractivity contribution in [1.82, 2.24) is 9.55 Å². The zero-order chi connectivity index (χ0) is 28.4. The maximum absolute atomic E-state index is 5.46. The summed E-state index contributed by atoms with van der Waals surface area (Å²) in [6.45, 7) is 6.92. The van der Waals surface area contributed by atoms with E-state index in [1.807, 2.05) is 11.3 Å². The van der Waals surface area contributed by atoms with Gasteiger partial charge in [-0.15, -0.1) is 11.3 Å². The van der Waals surface area contributed by atoms with Crippen LogP contribution in [0.25, 0.3) is 70.2 Å². The molecule has 2 nitrogen and oxygen atoms in total. The molecule has 0 aliphatic rings. The van der Waals surface area contributed by atoms with Crippen LogP contribution >= 0.6 is 11.3 Å². The second kappa shape index (κ2) is 9.40. The van der Waals surface area contributed by atoms with Gasteiger partial charge in [-0.25, -0.2) is 4.98 Å². The molecule has 8 aromatic rings. The van der Waals surface area contributed by atoms with Crippen molar-refractivity contribution in [3.05, 3.63) is 133 Å². The summed E-state index contributed by atoms with van der Waals surface area (Å²) in [5.74, 6) is 0.978. The SMILES string of the molecule is CC(C)(C)c1cccc(-c2ccccc2)c1-n1c(-c2cccc3c2sc2ccccc23)nc2cc3ccccc3cc21. The number of nitrogens with zero attached hydrogens (tertiary/aromatic N) is 2. The van der Waals surface area contributed by atoms with Gasteiger partial charge in [0.1, 0.15) is 5.82 Å². The van der Waals surface area contributed by atoms with Gasteiger partial charge in [0.25, 0.3) is 0 Å². The van der Waals surface area contributed by atoms with Crippen molar-refractivity contribution in [2.75, 3.05) is 0 Å². The molecule has 0 bridgehead atoms. The van der Waals surface area contributed by atoms with E-state index in [0.29, 0.717) is 0 Å². The highest BCUT2D eigenvalue weighted by atomic mass is 32.1. The summed E-state index contributed by atoms with van der Waals surface area (Å²) in [4.78, 5) is 5.46. The number of hydrogen-bond acceptors (Lipinski definition) is 2. The zero-order valence-electron chi connectivity index (χ0n) is 23.9. The van der Waals surface area contributed by atoms with Gasteiger partial charge in [0.05, 0.1) is 16.7 Å². The molecular weight excluding hydrogens is 529 g/mol. The molecule has 0 radical (unpaired) electrons. The topological polar surface area (TPSA) is 17.8 Å². The smallest absolute Gasteiger partial charge is 0.147 e. The number of para-hydroxylation sites is 1. The van der Waals surface area contributed by atoms with E-state index in [9.17, 15) is 0 Å². The summed E-state index contributed by atoms with van der Waals surface area (Å²) < 4.78 is 5.02. The summed E-state index contributed by atoms with van der Waals surface area (Å²) in [5, 5.41) is 5.00. The van der Waals surface area contributed by atoms with E-state index in [4.69, 9.17) is 4.98 Å². The standard InChI is InChI=1S/C39H30N2S/c1-39(2,3)32-21-12-18-28(25-13-5-4-6-14-25)36(32)41-34-24-27-16-8-7-15-26(27)23-33(34)40-38(41)31-20-11-19-30-29-17-9-10-22-35(29)42-37(30)31/h4-24H,1-3H3. The molecule has 0 amide bonds. The lowest BCUT2D eigenvalue weighted by atomic mass is 9.83. The Kier molecular flexibility index (Phi) is 5.60. The molecule has 0 saturated carbocycles. The van der Waals surface area contributed by atoms with Crippen LogP contribution in [-0.4, -0.2) is 9.55 Å². The van der Waals surface area contributed by atoms with E-state index in [0.717, 1.165) is 22.4 Å². The number of imidazole rings is 1. The third-order valence-corrected chi connectivity index (χ3v) is 9.54. The molecule has 0 atom stereocenters. The summed E-state index contributed by atoms with van der Waals surface area (Å²) in [6.07, 6.45) is 0. The predicted octanol–water partition coefficient (Wildman–Crippen LogP) is 11.2. The lowest BCUT2D eigenvalue weighted by molar-refractivity contribution is 0.587. The first-order valence-corrected chi connectivity index (χ1v) is 15.3. The highest BCUT2D eigenvalue weighted by Crippen LogP contribution is 2.44. The number of hydrogen-bond donors (Lipinski definition) is 0. The molecule has 8 rings (SSSR count). The summed E-state index contributed by atoms with van der Waals surface area (Å²) in [6, 6.07) is 46.1. The fourth-order valence-electron chi connectivity index (χ4n) is 6.33. The molecule has 0 N–H and O–H groups in total. The summed E-state index contributed by atoms with van der Waals surface area (Å²) >= 11 is 1.86. The van der Waals surface area contributed by atoms with Crippen LogP contribution in [0.5, 0.6) is 0 Å². The highest BCUT2D eigenvalue weighted by molar-refractivity contribution is 7.26. The average Bonchev–Trinajstić information content (AvgIpc) is 3.57. The van der Waals surface area contributed by atoms with Crippen molar-refractivity contribution in [3.63, 3.8) is 0 Å². The molecule has 0 aliphatic carbocycles. The van der Waals surface area contributed by atoms with Gasteiger partial charge in [-0.3, -0.25) is 4.57 Å². The molecular formula is C39H30N2S. The molecule has 0 unspecified atom stereocenters. The van der Waals surface area contributed by atoms with Crippen LogP contribution in [-0.2, 0) is 5.41 Å². The Balaban J connectivity index is 1.56. The molecule has 6 aromatic carbocycles. The lowest BCUT2D eigenvalue weighted by Crippen LogP contribution is -2.16. The zero-order valence-corrected chi connectivity index (χ0v) is 24.7. The number of fused-ring (bicyclic) bond motifs is 5. The van der Waals surface area contributed by atoms with Gasteiger partial charge in [0.2, 0.25) is 0 Å². The maximum atomic E-state index is 5.46. The molecule has 0 spiro atoms. The van der Waals surface area contributed by atoms with Gasteiger partial charge in [-0.2, -0.15) is 0 Å². The van der Waals surface area contributed by atoms with Gasteiger partial charge in [0, 0.05) is 31.3 Å². The number of thiophene rings is 1. The van der Waals surface area contributed by atoms with Crippen LogP contribution in [0.15, 0.2) is 127 Å². The Morgan fingerprint density at radius 2 is 1.29 bits per heavy atom. The molecule has 0 aliphatic heterocycles. The van der Waals surface area contributed by atoms with E-state index in [-0.39, 0.29) is 5.41 Å². The normalized spacial score (nSPS) is 12.2. The van der Waals surface area contributed by atoms with Crippen molar-refractivity contribution >= 4 is 53.3 Å². The van der Waals surface area contributed by atoms with E-state index in [1.165, 1.54) is 53.3 Å². The van der Waals surface area contributed by atoms with Crippen LogP contribution in [0, 0.1) is 0 Å². The monoisotopic (exact) mass is 558 g/mol. The van der Waals surface area contributed by atoms with Crippen LogP contribution < -0.4 is 0 Å². The molecule has 202 valence electrons. The Hall–Kier alpha value is -4.73. The van der Waals surface area contributed by atoms with Gasteiger partial charge in [-0.1, -0.05) is 124 Å². The highest BCUT2D eigenvalue weighted by Gasteiger charge is 2.27. The minimum atomic E-state index is -0.0888. The van der Waals surface area contributed by atoms with E-state index in [1.54, 1.807) is 0 Å². The first-order valence-electron chi connectivity index (χ1n) is 14.5. The molecule has 3 heteroatoms. The fourth-order valence-corrected chi connectivity index (χ4v) is 7.55. The molecule has 42 heavy (non-hydrogen) atoms. The maximum Gasteiger partial charge on any atom is 0.147 e. The average molecular weight is 559 g/mol. The molecule has 0 saturated heterocycles. The Labute approximate surface area is 249 Å². The van der Waals surface area contributed by atoms with E-state index in [2.05, 4.69) is 153 Å². The van der Waals surface area contributed by atoms with Gasteiger partial charge < -0.3 is 0 Å². The Morgan fingerprint density at radius 3 is 2.10 bits per heavy atom. The summed E-state index contributed by atoms with van der Waals surface area (Å²) in [5.41, 5.74) is 8.10. The van der Waals surface area contributed by atoms with E-state index < -0.39 is 0 Å². The third kappa shape index (κ3) is 3.88. The Bertz CT molecular complexity index is 2280. The number of aromatic nitrogens is 2. The van der Waals surface area contributed by atoms with Gasteiger partial charge in [0.15, 0.2) is 0 Å². The van der Waals surface area contributed by atoms with Crippen LogP contribution in [0.1, 0.15) is 26.3 Å². The van der Waals surface area contributed by atoms with Crippen LogP contribution in [0.4, 0.5) is 0 Å². The summed E-state index contributed by atoms with van der Waals surface area (Å²) in [7, 11) is 0.